The maximum atomic E-state index is 6.05. The first-order chi connectivity index (χ1) is 9.64. The van der Waals surface area contributed by atoms with Gasteiger partial charge in [0.25, 0.3) is 0 Å². The largest absolute Gasteiger partial charge is 0.376 e. The van der Waals surface area contributed by atoms with Crippen LogP contribution in [0, 0.1) is 0 Å². The molecule has 0 aromatic carbocycles. The summed E-state index contributed by atoms with van der Waals surface area (Å²) in [7, 11) is 3.86. The molecule has 0 amide bonds. The van der Waals surface area contributed by atoms with E-state index >= 15 is 0 Å². The minimum Gasteiger partial charge on any atom is -0.376 e. The third-order valence-electron chi connectivity index (χ3n) is 4.44. The first-order valence-corrected chi connectivity index (χ1v) is 8.40. The third kappa shape index (κ3) is 3.10. The molecule has 1 heterocycles. The SMILES string of the molecule is CCCNC(c1c(Br)cnn1C)C1(OC)CCCCC1. The van der Waals surface area contributed by atoms with Gasteiger partial charge in [0.05, 0.1) is 28.0 Å². The van der Waals surface area contributed by atoms with E-state index in [0.29, 0.717) is 0 Å². The molecule has 5 heteroatoms. The van der Waals surface area contributed by atoms with Crippen LogP contribution in [0.3, 0.4) is 0 Å². The Morgan fingerprint density at radius 3 is 2.65 bits per heavy atom. The standard InChI is InChI=1S/C15H26BrN3O/c1-4-10-17-14(13-12(16)11-18-19(13)2)15(20-3)8-6-5-7-9-15/h11,14,17H,4-10H2,1-3H3. The fourth-order valence-corrected chi connectivity index (χ4v) is 3.90. The van der Waals surface area contributed by atoms with E-state index in [1.807, 2.05) is 25.0 Å². The Hall–Kier alpha value is -0.390. The summed E-state index contributed by atoms with van der Waals surface area (Å²) in [6.45, 7) is 3.19. The van der Waals surface area contributed by atoms with E-state index in [9.17, 15) is 0 Å². The van der Waals surface area contributed by atoms with Crippen LogP contribution in [0.2, 0.25) is 0 Å². The summed E-state index contributed by atoms with van der Waals surface area (Å²) in [5.74, 6) is 0. The highest BCUT2D eigenvalue weighted by atomic mass is 79.9. The molecule has 1 aromatic heterocycles. The number of ether oxygens (including phenoxy) is 1. The highest BCUT2D eigenvalue weighted by Crippen LogP contribution is 2.42. The van der Waals surface area contributed by atoms with Crippen molar-refractivity contribution >= 4 is 15.9 Å². The molecule has 1 unspecified atom stereocenters. The molecule has 1 aliphatic rings. The molecule has 1 N–H and O–H groups in total. The predicted octanol–water partition coefficient (Wildman–Crippen LogP) is 3.57. The molecule has 1 atom stereocenters. The van der Waals surface area contributed by atoms with Gasteiger partial charge in [0.15, 0.2) is 0 Å². The van der Waals surface area contributed by atoms with Crippen molar-refractivity contribution in [2.75, 3.05) is 13.7 Å². The van der Waals surface area contributed by atoms with Gasteiger partial charge in [-0.3, -0.25) is 4.68 Å². The molecular weight excluding hydrogens is 318 g/mol. The van der Waals surface area contributed by atoms with Crippen LogP contribution in [-0.2, 0) is 11.8 Å². The summed E-state index contributed by atoms with van der Waals surface area (Å²) in [6, 6.07) is 0.189. The molecule has 1 aromatic rings. The molecule has 0 spiro atoms. The van der Waals surface area contributed by atoms with E-state index in [4.69, 9.17) is 4.74 Å². The van der Waals surface area contributed by atoms with Crippen molar-refractivity contribution < 1.29 is 4.74 Å². The van der Waals surface area contributed by atoms with Gasteiger partial charge in [0.1, 0.15) is 0 Å². The van der Waals surface area contributed by atoms with Crippen molar-refractivity contribution in [2.24, 2.45) is 7.05 Å². The molecule has 0 saturated heterocycles. The molecule has 2 rings (SSSR count). The Morgan fingerprint density at radius 1 is 1.45 bits per heavy atom. The molecular formula is C15H26BrN3O. The number of rotatable bonds is 6. The number of aryl methyl sites for hydroxylation is 1. The third-order valence-corrected chi connectivity index (χ3v) is 5.05. The van der Waals surface area contributed by atoms with Gasteiger partial charge in [0, 0.05) is 14.2 Å². The number of aromatic nitrogens is 2. The molecule has 114 valence electrons. The van der Waals surface area contributed by atoms with Crippen molar-refractivity contribution in [3.05, 3.63) is 16.4 Å². The fraction of sp³-hybridized carbons (Fsp3) is 0.800. The van der Waals surface area contributed by atoms with Gasteiger partial charge in [-0.1, -0.05) is 26.2 Å². The van der Waals surface area contributed by atoms with Crippen molar-refractivity contribution in [3.8, 4) is 0 Å². The normalized spacial score (nSPS) is 20.0. The van der Waals surface area contributed by atoms with Crippen LogP contribution in [0.4, 0.5) is 0 Å². The minimum absolute atomic E-state index is 0.107. The van der Waals surface area contributed by atoms with Gasteiger partial charge in [0.2, 0.25) is 0 Å². The van der Waals surface area contributed by atoms with Crippen molar-refractivity contribution in [1.82, 2.24) is 15.1 Å². The van der Waals surface area contributed by atoms with E-state index < -0.39 is 0 Å². The fourth-order valence-electron chi connectivity index (χ4n) is 3.33. The lowest BCUT2D eigenvalue weighted by molar-refractivity contribution is -0.0706. The second-order valence-electron chi connectivity index (χ2n) is 5.72. The van der Waals surface area contributed by atoms with Gasteiger partial charge in [-0.05, 0) is 41.7 Å². The lowest BCUT2D eigenvalue weighted by Crippen LogP contribution is -2.48. The van der Waals surface area contributed by atoms with Gasteiger partial charge in [-0.15, -0.1) is 0 Å². The maximum Gasteiger partial charge on any atom is 0.0888 e. The molecule has 0 bridgehead atoms. The summed E-state index contributed by atoms with van der Waals surface area (Å²) >= 11 is 3.65. The van der Waals surface area contributed by atoms with Gasteiger partial charge in [-0.2, -0.15) is 5.10 Å². The first kappa shape index (κ1) is 16.0. The number of halogens is 1. The lowest BCUT2D eigenvalue weighted by atomic mass is 9.77. The van der Waals surface area contributed by atoms with Crippen LogP contribution in [0.25, 0.3) is 0 Å². The summed E-state index contributed by atoms with van der Waals surface area (Å²) in [5.41, 5.74) is 1.09. The van der Waals surface area contributed by atoms with Crippen molar-refractivity contribution in [1.29, 1.82) is 0 Å². The van der Waals surface area contributed by atoms with Crippen LogP contribution in [0.1, 0.15) is 57.2 Å². The summed E-state index contributed by atoms with van der Waals surface area (Å²) in [5, 5.41) is 8.08. The summed E-state index contributed by atoms with van der Waals surface area (Å²) in [6.07, 6.45) is 9.03. The molecule has 20 heavy (non-hydrogen) atoms. The second kappa shape index (κ2) is 7.05. The topological polar surface area (TPSA) is 39.1 Å². The minimum atomic E-state index is -0.107. The zero-order chi connectivity index (χ0) is 14.6. The molecule has 1 fully saturated rings. The van der Waals surface area contributed by atoms with Crippen LogP contribution >= 0.6 is 15.9 Å². The van der Waals surface area contributed by atoms with Gasteiger partial charge >= 0.3 is 0 Å². The van der Waals surface area contributed by atoms with Crippen molar-refractivity contribution in [3.63, 3.8) is 0 Å². The Bertz CT molecular complexity index is 407. The average molecular weight is 344 g/mol. The predicted molar refractivity (Wildman–Crippen MR) is 84.8 cm³/mol. The maximum absolute atomic E-state index is 6.05. The molecule has 4 nitrogen and oxygen atoms in total. The number of methoxy groups -OCH3 is 1. The second-order valence-corrected chi connectivity index (χ2v) is 6.57. The van der Waals surface area contributed by atoms with E-state index in [0.717, 1.165) is 30.3 Å². The number of nitrogens with one attached hydrogen (secondary N) is 1. The number of hydrogen-bond donors (Lipinski definition) is 1. The molecule has 1 aliphatic carbocycles. The van der Waals surface area contributed by atoms with E-state index in [1.54, 1.807) is 0 Å². The monoisotopic (exact) mass is 343 g/mol. The number of nitrogens with zero attached hydrogens (tertiary/aromatic N) is 2. The Balaban J connectivity index is 2.35. The highest BCUT2D eigenvalue weighted by Gasteiger charge is 2.42. The van der Waals surface area contributed by atoms with Crippen molar-refractivity contribution in [2.45, 2.75) is 57.1 Å². The molecule has 1 saturated carbocycles. The first-order valence-electron chi connectivity index (χ1n) is 7.60. The van der Waals surface area contributed by atoms with Crippen LogP contribution in [0.5, 0.6) is 0 Å². The van der Waals surface area contributed by atoms with Crippen LogP contribution < -0.4 is 5.32 Å². The van der Waals surface area contributed by atoms with E-state index in [2.05, 4.69) is 33.3 Å². The quantitative estimate of drug-likeness (QED) is 0.857. The van der Waals surface area contributed by atoms with E-state index in [-0.39, 0.29) is 11.6 Å². The Labute approximate surface area is 130 Å². The van der Waals surface area contributed by atoms with Crippen LogP contribution in [-0.4, -0.2) is 29.0 Å². The Kier molecular flexibility index (Phi) is 5.64. The average Bonchev–Trinajstić information content (AvgIpc) is 2.80. The van der Waals surface area contributed by atoms with E-state index in [1.165, 1.54) is 25.0 Å². The van der Waals surface area contributed by atoms with Crippen LogP contribution in [0.15, 0.2) is 10.7 Å². The van der Waals surface area contributed by atoms with Gasteiger partial charge < -0.3 is 10.1 Å². The molecule has 0 aliphatic heterocycles. The summed E-state index contributed by atoms with van der Waals surface area (Å²) in [4.78, 5) is 0. The number of hydrogen-bond acceptors (Lipinski definition) is 3. The zero-order valence-electron chi connectivity index (χ0n) is 12.8. The zero-order valence-corrected chi connectivity index (χ0v) is 14.4. The molecule has 0 radical (unpaired) electrons. The Morgan fingerprint density at radius 2 is 2.15 bits per heavy atom. The summed E-state index contributed by atoms with van der Waals surface area (Å²) < 4.78 is 9.08. The smallest absolute Gasteiger partial charge is 0.0888 e. The highest BCUT2D eigenvalue weighted by molar-refractivity contribution is 9.10. The van der Waals surface area contributed by atoms with Gasteiger partial charge in [-0.25, -0.2) is 0 Å². The lowest BCUT2D eigenvalue weighted by Gasteiger charge is -2.43.